The van der Waals surface area contributed by atoms with Gasteiger partial charge in [0.05, 0.1) is 26.4 Å². The smallest absolute Gasteiger partial charge is 0.431 e. The molecule has 0 radical (unpaired) electrons. The summed E-state index contributed by atoms with van der Waals surface area (Å²) < 4.78 is 77.7. The van der Waals surface area contributed by atoms with Gasteiger partial charge in [0.25, 0.3) is 0 Å². The summed E-state index contributed by atoms with van der Waals surface area (Å²) in [6.45, 7) is -0.293. The molecular formula is C16H25F2O11P. The van der Waals surface area contributed by atoms with Gasteiger partial charge in [0.1, 0.15) is 12.2 Å². The molecule has 0 aromatic carbocycles. The van der Waals surface area contributed by atoms with Gasteiger partial charge < -0.3 is 28.4 Å². The molecule has 2 aliphatic heterocycles. The van der Waals surface area contributed by atoms with Crippen molar-refractivity contribution < 1.29 is 60.4 Å². The molecule has 2 heterocycles. The number of carbonyl (C=O) groups excluding carboxylic acids is 2. The summed E-state index contributed by atoms with van der Waals surface area (Å²) in [7, 11) is -5.14. The van der Waals surface area contributed by atoms with E-state index >= 15 is 0 Å². The van der Waals surface area contributed by atoms with Crippen molar-refractivity contribution in [3.05, 3.63) is 0 Å². The molecule has 0 atom stereocenters. The number of carbonyl (C=O) groups is 2. The third-order valence-corrected chi connectivity index (χ3v) is 5.99. The standard InChI is InChI=1S/C16H25F2O11P/c1-16(17,18)30(21,26-10-24-14(19)28-12-2-6-22-7-3-12)27-11-25-15(20)29-13-4-8-23-9-5-13/h12-13H,2-11H2,1H3. The average Bonchev–Trinajstić information content (AvgIpc) is 2.68. The SMILES string of the molecule is CC(F)(F)P(=O)(OCOC(=O)OC1CCOCC1)OCOC(=O)OC1CCOCC1. The molecule has 2 rings (SSSR count). The minimum Gasteiger partial charge on any atom is -0.431 e. The highest BCUT2D eigenvalue weighted by Crippen LogP contribution is 2.61. The quantitative estimate of drug-likeness (QED) is 0.284. The van der Waals surface area contributed by atoms with E-state index in [1.54, 1.807) is 0 Å². The van der Waals surface area contributed by atoms with Crippen LogP contribution >= 0.6 is 7.60 Å². The zero-order chi connectivity index (χ0) is 22.0. The molecule has 2 fully saturated rings. The second-order valence-electron chi connectivity index (χ2n) is 6.48. The Balaban J connectivity index is 1.72. The van der Waals surface area contributed by atoms with E-state index in [2.05, 4.69) is 18.5 Å². The van der Waals surface area contributed by atoms with Crippen molar-refractivity contribution in [2.75, 3.05) is 40.0 Å². The van der Waals surface area contributed by atoms with E-state index in [1.165, 1.54) is 0 Å². The van der Waals surface area contributed by atoms with Crippen LogP contribution in [0.4, 0.5) is 18.4 Å². The summed E-state index contributed by atoms with van der Waals surface area (Å²) in [6, 6.07) is 0. The molecule has 30 heavy (non-hydrogen) atoms. The van der Waals surface area contributed by atoms with Crippen LogP contribution in [0.25, 0.3) is 0 Å². The highest BCUT2D eigenvalue weighted by atomic mass is 31.2. The fourth-order valence-electron chi connectivity index (χ4n) is 2.48. The minimum atomic E-state index is -5.14. The Kier molecular flexibility index (Phi) is 9.69. The molecular weight excluding hydrogens is 437 g/mol. The maximum atomic E-state index is 13.7. The number of alkyl halides is 2. The van der Waals surface area contributed by atoms with E-state index in [-0.39, 0.29) is 6.92 Å². The summed E-state index contributed by atoms with van der Waals surface area (Å²) >= 11 is 0. The van der Waals surface area contributed by atoms with E-state index < -0.39 is 51.4 Å². The van der Waals surface area contributed by atoms with Crippen molar-refractivity contribution in [3.8, 4) is 0 Å². The molecule has 2 saturated heterocycles. The molecule has 0 N–H and O–H groups in total. The van der Waals surface area contributed by atoms with E-state index in [4.69, 9.17) is 18.9 Å². The molecule has 11 nitrogen and oxygen atoms in total. The Labute approximate surface area is 171 Å². The van der Waals surface area contributed by atoms with Crippen LogP contribution in [0, 0.1) is 0 Å². The van der Waals surface area contributed by atoms with Gasteiger partial charge in [-0.3, -0.25) is 13.6 Å². The molecule has 0 aliphatic carbocycles. The number of rotatable bonds is 9. The van der Waals surface area contributed by atoms with Crippen molar-refractivity contribution in [2.45, 2.75) is 50.5 Å². The van der Waals surface area contributed by atoms with Gasteiger partial charge >= 0.3 is 25.6 Å². The molecule has 0 aromatic rings. The summed E-state index contributed by atoms with van der Waals surface area (Å²) in [5.41, 5.74) is -3.96. The topological polar surface area (TPSA) is 125 Å². The lowest BCUT2D eigenvalue weighted by molar-refractivity contribution is -0.0666. The molecule has 0 amide bonds. The molecule has 14 heteroatoms. The van der Waals surface area contributed by atoms with Crippen LogP contribution < -0.4 is 0 Å². The van der Waals surface area contributed by atoms with Crippen LogP contribution in [0.2, 0.25) is 0 Å². The third kappa shape index (κ3) is 8.31. The predicted octanol–water partition coefficient (Wildman–Crippen LogP) is 3.40. The maximum absolute atomic E-state index is 13.7. The predicted molar refractivity (Wildman–Crippen MR) is 92.9 cm³/mol. The minimum absolute atomic E-state index is 0.286. The zero-order valence-electron chi connectivity index (χ0n) is 16.4. The molecule has 174 valence electrons. The van der Waals surface area contributed by atoms with E-state index in [1.807, 2.05) is 0 Å². The lowest BCUT2D eigenvalue weighted by Gasteiger charge is -2.24. The van der Waals surface area contributed by atoms with Gasteiger partial charge in [0.2, 0.25) is 13.6 Å². The number of hydrogen-bond donors (Lipinski definition) is 0. The van der Waals surface area contributed by atoms with E-state index in [9.17, 15) is 22.9 Å². The van der Waals surface area contributed by atoms with Crippen molar-refractivity contribution in [1.29, 1.82) is 0 Å². The second-order valence-corrected chi connectivity index (χ2v) is 8.78. The Morgan fingerprint density at radius 2 is 1.23 bits per heavy atom. The second kappa shape index (κ2) is 11.8. The largest absolute Gasteiger partial charge is 0.510 e. The first-order valence-electron chi connectivity index (χ1n) is 9.29. The lowest BCUT2D eigenvalue weighted by atomic mass is 10.2. The molecule has 0 aromatic heterocycles. The molecule has 0 saturated carbocycles. The highest BCUT2D eigenvalue weighted by molar-refractivity contribution is 7.55. The fourth-order valence-corrected chi connectivity index (χ4v) is 3.39. The lowest BCUT2D eigenvalue weighted by Crippen LogP contribution is -2.27. The molecule has 2 aliphatic rings. The first-order valence-corrected chi connectivity index (χ1v) is 10.8. The number of ether oxygens (including phenoxy) is 6. The van der Waals surface area contributed by atoms with Gasteiger partial charge in [-0.25, -0.2) is 9.59 Å². The summed E-state index contributed by atoms with van der Waals surface area (Å²) in [5.74, 6) is 0. The van der Waals surface area contributed by atoms with Gasteiger partial charge in [-0.1, -0.05) is 0 Å². The monoisotopic (exact) mass is 462 g/mol. The zero-order valence-corrected chi connectivity index (χ0v) is 17.3. The van der Waals surface area contributed by atoms with Crippen molar-refractivity contribution >= 4 is 19.9 Å². The molecule has 0 unspecified atom stereocenters. The van der Waals surface area contributed by atoms with Gasteiger partial charge in [-0.2, -0.15) is 8.78 Å². The van der Waals surface area contributed by atoms with Crippen molar-refractivity contribution in [2.24, 2.45) is 0 Å². The van der Waals surface area contributed by atoms with Crippen LogP contribution in [0.1, 0.15) is 32.6 Å². The van der Waals surface area contributed by atoms with Crippen LogP contribution in [-0.4, -0.2) is 70.2 Å². The summed E-state index contributed by atoms with van der Waals surface area (Å²) in [4.78, 5) is 23.1. The van der Waals surface area contributed by atoms with Crippen molar-refractivity contribution in [1.82, 2.24) is 0 Å². The van der Waals surface area contributed by atoms with Crippen molar-refractivity contribution in [3.63, 3.8) is 0 Å². The molecule has 0 bridgehead atoms. The van der Waals surface area contributed by atoms with Crippen LogP contribution in [0.15, 0.2) is 0 Å². The Hall–Kier alpha value is -1.53. The summed E-state index contributed by atoms with van der Waals surface area (Å²) in [6.07, 6.45) is -1.36. The van der Waals surface area contributed by atoms with Crippen LogP contribution in [-0.2, 0) is 42.0 Å². The number of hydrogen-bond acceptors (Lipinski definition) is 11. The van der Waals surface area contributed by atoms with Gasteiger partial charge in [-0.15, -0.1) is 0 Å². The maximum Gasteiger partial charge on any atom is 0.510 e. The van der Waals surface area contributed by atoms with E-state index in [0.717, 1.165) is 0 Å². The average molecular weight is 462 g/mol. The fraction of sp³-hybridized carbons (Fsp3) is 0.875. The van der Waals surface area contributed by atoms with Gasteiger partial charge in [0.15, 0.2) is 0 Å². The van der Waals surface area contributed by atoms with Crippen LogP contribution in [0.3, 0.4) is 0 Å². The van der Waals surface area contributed by atoms with Crippen LogP contribution in [0.5, 0.6) is 0 Å². The van der Waals surface area contributed by atoms with Gasteiger partial charge in [-0.05, 0) is 0 Å². The first-order chi connectivity index (χ1) is 14.2. The number of halogens is 2. The van der Waals surface area contributed by atoms with E-state index in [0.29, 0.717) is 52.1 Å². The summed E-state index contributed by atoms with van der Waals surface area (Å²) in [5, 5.41) is 0. The van der Waals surface area contributed by atoms with Gasteiger partial charge in [0, 0.05) is 32.6 Å². The molecule has 0 spiro atoms. The normalized spacial score (nSPS) is 19.2. The Bertz CT molecular complexity index is 558. The Morgan fingerprint density at radius 3 is 1.57 bits per heavy atom. The highest BCUT2D eigenvalue weighted by Gasteiger charge is 2.50. The Morgan fingerprint density at radius 1 is 0.867 bits per heavy atom. The third-order valence-electron chi connectivity index (χ3n) is 4.14. The first kappa shape index (κ1) is 24.7.